The molecular weight excluding hydrogens is 258 g/mol. The number of hydrogen-bond donors (Lipinski definition) is 1. The van der Waals surface area contributed by atoms with Crippen molar-refractivity contribution in [1.82, 2.24) is 9.78 Å². The Morgan fingerprint density at radius 3 is 2.71 bits per heavy atom. The molecular formula is C18H33N3. The van der Waals surface area contributed by atoms with Gasteiger partial charge in [0.15, 0.2) is 0 Å². The number of nitrogens with zero attached hydrogens (tertiary/aromatic N) is 2. The third kappa shape index (κ3) is 4.57. The van der Waals surface area contributed by atoms with Crippen molar-refractivity contribution in [1.29, 1.82) is 0 Å². The van der Waals surface area contributed by atoms with E-state index in [-0.39, 0.29) is 5.54 Å². The van der Waals surface area contributed by atoms with Gasteiger partial charge in [-0.05, 0) is 51.0 Å². The van der Waals surface area contributed by atoms with Crippen molar-refractivity contribution in [2.24, 2.45) is 11.7 Å². The molecule has 0 aliphatic heterocycles. The van der Waals surface area contributed by atoms with Gasteiger partial charge in [0.2, 0.25) is 0 Å². The largest absolute Gasteiger partial charge is 0.325 e. The zero-order valence-electron chi connectivity index (χ0n) is 14.1. The molecule has 1 heterocycles. The van der Waals surface area contributed by atoms with Gasteiger partial charge in [0, 0.05) is 24.2 Å². The lowest BCUT2D eigenvalue weighted by atomic mass is 9.73. The summed E-state index contributed by atoms with van der Waals surface area (Å²) in [5.74, 6) is 0.916. The van der Waals surface area contributed by atoms with Crippen LogP contribution in [0.5, 0.6) is 0 Å². The molecule has 2 rings (SSSR count). The van der Waals surface area contributed by atoms with E-state index in [1.54, 1.807) is 0 Å². The van der Waals surface area contributed by atoms with Crippen LogP contribution in [-0.2, 0) is 6.42 Å². The van der Waals surface area contributed by atoms with E-state index in [0.29, 0.717) is 6.04 Å². The first-order chi connectivity index (χ1) is 10.1. The van der Waals surface area contributed by atoms with Gasteiger partial charge in [-0.15, -0.1) is 0 Å². The average molecular weight is 291 g/mol. The molecule has 1 aliphatic carbocycles. The number of nitrogens with two attached hydrogens (primary N) is 1. The van der Waals surface area contributed by atoms with Gasteiger partial charge < -0.3 is 5.73 Å². The van der Waals surface area contributed by atoms with Crippen LogP contribution in [0.2, 0.25) is 0 Å². The molecule has 0 radical (unpaired) electrons. The molecule has 1 fully saturated rings. The van der Waals surface area contributed by atoms with Gasteiger partial charge in [-0.1, -0.05) is 33.1 Å². The summed E-state index contributed by atoms with van der Waals surface area (Å²) in [7, 11) is 0. The molecule has 1 aliphatic rings. The fourth-order valence-corrected chi connectivity index (χ4v) is 3.48. The lowest BCUT2D eigenvalue weighted by Crippen LogP contribution is -2.45. The SMILES string of the molecule is CCCCC1CCC(N)(Cc2ccn(C(C)CC)n2)CC1. The van der Waals surface area contributed by atoms with Crippen molar-refractivity contribution < 1.29 is 0 Å². The van der Waals surface area contributed by atoms with E-state index in [1.165, 1.54) is 37.8 Å². The Morgan fingerprint density at radius 1 is 1.38 bits per heavy atom. The topological polar surface area (TPSA) is 43.8 Å². The zero-order chi connectivity index (χ0) is 15.3. The van der Waals surface area contributed by atoms with E-state index in [1.807, 2.05) is 0 Å². The number of rotatable bonds is 7. The number of hydrogen-bond acceptors (Lipinski definition) is 2. The van der Waals surface area contributed by atoms with Crippen molar-refractivity contribution in [3.8, 4) is 0 Å². The predicted molar refractivity (Wildman–Crippen MR) is 89.3 cm³/mol. The first kappa shape index (κ1) is 16.5. The molecule has 1 aromatic heterocycles. The Hall–Kier alpha value is -0.830. The van der Waals surface area contributed by atoms with Crippen LogP contribution in [0, 0.1) is 5.92 Å². The van der Waals surface area contributed by atoms with Crippen LogP contribution < -0.4 is 5.73 Å². The van der Waals surface area contributed by atoms with Crippen molar-refractivity contribution >= 4 is 0 Å². The molecule has 0 amide bonds. The van der Waals surface area contributed by atoms with E-state index < -0.39 is 0 Å². The summed E-state index contributed by atoms with van der Waals surface area (Å²) >= 11 is 0. The zero-order valence-corrected chi connectivity index (χ0v) is 14.1. The van der Waals surface area contributed by atoms with Crippen molar-refractivity contribution in [2.75, 3.05) is 0 Å². The van der Waals surface area contributed by atoms with Crippen LogP contribution in [0.1, 0.15) is 83.9 Å². The summed E-state index contributed by atoms with van der Waals surface area (Å²) in [4.78, 5) is 0. The molecule has 1 unspecified atom stereocenters. The second-order valence-electron chi connectivity index (χ2n) is 7.17. The van der Waals surface area contributed by atoms with E-state index in [4.69, 9.17) is 10.8 Å². The molecule has 0 bridgehead atoms. The minimum Gasteiger partial charge on any atom is -0.325 e. The highest BCUT2D eigenvalue weighted by atomic mass is 15.3. The van der Waals surface area contributed by atoms with E-state index in [0.717, 1.165) is 31.6 Å². The monoisotopic (exact) mass is 291 g/mol. The maximum absolute atomic E-state index is 6.65. The Labute approximate surface area is 130 Å². The molecule has 1 atom stereocenters. The molecule has 0 aromatic carbocycles. The van der Waals surface area contributed by atoms with Gasteiger partial charge in [0.25, 0.3) is 0 Å². The summed E-state index contributed by atoms with van der Waals surface area (Å²) in [6.45, 7) is 6.70. The first-order valence-electron chi connectivity index (χ1n) is 8.89. The fourth-order valence-electron chi connectivity index (χ4n) is 3.48. The van der Waals surface area contributed by atoms with Gasteiger partial charge in [0.1, 0.15) is 0 Å². The quantitative estimate of drug-likeness (QED) is 0.805. The normalized spacial score (nSPS) is 27.7. The van der Waals surface area contributed by atoms with Gasteiger partial charge in [-0.25, -0.2) is 0 Å². The molecule has 1 aromatic rings. The van der Waals surface area contributed by atoms with Crippen LogP contribution in [-0.4, -0.2) is 15.3 Å². The predicted octanol–water partition coefficient (Wildman–Crippen LogP) is 4.47. The maximum atomic E-state index is 6.65. The van der Waals surface area contributed by atoms with E-state index in [2.05, 4.69) is 37.7 Å². The van der Waals surface area contributed by atoms with Gasteiger partial charge >= 0.3 is 0 Å². The molecule has 1 saturated carbocycles. The average Bonchev–Trinajstić information content (AvgIpc) is 2.94. The molecule has 2 N–H and O–H groups in total. The van der Waals surface area contributed by atoms with Crippen LogP contribution >= 0.6 is 0 Å². The molecule has 21 heavy (non-hydrogen) atoms. The van der Waals surface area contributed by atoms with Crippen molar-refractivity contribution in [2.45, 2.75) is 90.1 Å². The summed E-state index contributed by atoms with van der Waals surface area (Å²) in [6.07, 6.45) is 13.2. The Bertz CT molecular complexity index is 416. The summed E-state index contributed by atoms with van der Waals surface area (Å²) < 4.78 is 2.09. The highest BCUT2D eigenvalue weighted by Gasteiger charge is 2.32. The Kier molecular flexibility index (Phi) is 5.86. The van der Waals surface area contributed by atoms with Crippen LogP contribution in [0.4, 0.5) is 0 Å². The summed E-state index contributed by atoms with van der Waals surface area (Å²) in [6, 6.07) is 2.64. The maximum Gasteiger partial charge on any atom is 0.0643 e. The minimum absolute atomic E-state index is 0.0165. The molecule has 3 nitrogen and oxygen atoms in total. The summed E-state index contributed by atoms with van der Waals surface area (Å²) in [5, 5.41) is 4.73. The van der Waals surface area contributed by atoms with E-state index in [9.17, 15) is 0 Å². The third-order valence-electron chi connectivity index (χ3n) is 5.31. The third-order valence-corrected chi connectivity index (χ3v) is 5.31. The lowest BCUT2D eigenvalue weighted by Gasteiger charge is -2.37. The van der Waals surface area contributed by atoms with E-state index >= 15 is 0 Å². The number of aromatic nitrogens is 2. The Morgan fingerprint density at radius 2 is 2.10 bits per heavy atom. The van der Waals surface area contributed by atoms with Crippen LogP contribution in [0.3, 0.4) is 0 Å². The van der Waals surface area contributed by atoms with Crippen LogP contribution in [0.15, 0.2) is 12.3 Å². The first-order valence-corrected chi connectivity index (χ1v) is 8.89. The van der Waals surface area contributed by atoms with Gasteiger partial charge in [-0.2, -0.15) is 5.10 Å². The van der Waals surface area contributed by atoms with Crippen molar-refractivity contribution in [3.63, 3.8) is 0 Å². The standard InChI is InChI=1S/C18H33N3/c1-4-6-7-16-8-11-18(19,12-9-16)14-17-10-13-21(20-17)15(3)5-2/h10,13,15-16H,4-9,11-12,14,19H2,1-3H3. The number of unbranched alkanes of at least 4 members (excludes halogenated alkanes) is 1. The minimum atomic E-state index is -0.0165. The molecule has 0 spiro atoms. The fraction of sp³-hybridized carbons (Fsp3) is 0.833. The second-order valence-corrected chi connectivity index (χ2v) is 7.17. The molecule has 0 saturated heterocycles. The van der Waals surface area contributed by atoms with Gasteiger partial charge in [-0.3, -0.25) is 4.68 Å². The second kappa shape index (κ2) is 7.44. The van der Waals surface area contributed by atoms with Gasteiger partial charge in [0.05, 0.1) is 5.69 Å². The molecule has 3 heteroatoms. The smallest absolute Gasteiger partial charge is 0.0643 e. The van der Waals surface area contributed by atoms with Crippen molar-refractivity contribution in [3.05, 3.63) is 18.0 Å². The van der Waals surface area contributed by atoms with Crippen LogP contribution in [0.25, 0.3) is 0 Å². The summed E-state index contributed by atoms with van der Waals surface area (Å²) in [5.41, 5.74) is 7.81. The Balaban J connectivity index is 1.86. The highest BCUT2D eigenvalue weighted by molar-refractivity contribution is 5.07. The highest BCUT2D eigenvalue weighted by Crippen LogP contribution is 2.35. The molecule has 120 valence electrons. The lowest BCUT2D eigenvalue weighted by molar-refractivity contribution is 0.220.